The lowest BCUT2D eigenvalue weighted by atomic mass is 10.1. The first-order valence-corrected chi connectivity index (χ1v) is 6.86. The average molecular weight is 264 g/mol. The van der Waals surface area contributed by atoms with E-state index in [1.165, 1.54) is 0 Å². The predicted molar refractivity (Wildman–Crippen MR) is 78.5 cm³/mol. The smallest absolute Gasteiger partial charge is 0.254 e. The van der Waals surface area contributed by atoms with Gasteiger partial charge in [0.05, 0.1) is 0 Å². The van der Waals surface area contributed by atoms with E-state index in [2.05, 4.69) is 5.32 Å². The van der Waals surface area contributed by atoms with Crippen LogP contribution in [-0.4, -0.2) is 41.7 Å². The third kappa shape index (κ3) is 4.56. The number of nitrogens with zero attached hydrogens (tertiary/aromatic N) is 1. The average Bonchev–Trinajstić information content (AvgIpc) is 2.40. The number of carbonyl (C=O) groups is 1. The van der Waals surface area contributed by atoms with Crippen molar-refractivity contribution in [1.29, 1.82) is 0 Å². The number of hydrogen-bond acceptors (Lipinski definition) is 3. The predicted octanol–water partition coefficient (Wildman–Crippen LogP) is 2.35. The molecular weight excluding hydrogens is 240 g/mol. The molecule has 0 spiro atoms. The molecule has 0 bridgehead atoms. The monoisotopic (exact) mass is 264 g/mol. The van der Waals surface area contributed by atoms with Crippen LogP contribution in [0.4, 0.5) is 5.69 Å². The topological polar surface area (TPSA) is 52.6 Å². The normalized spacial score (nSPS) is 10.6. The lowest BCUT2D eigenvalue weighted by Gasteiger charge is -2.26. The summed E-state index contributed by atoms with van der Waals surface area (Å²) in [5.41, 5.74) is 1.71. The highest BCUT2D eigenvalue weighted by atomic mass is 16.3. The molecule has 1 rings (SSSR count). The summed E-state index contributed by atoms with van der Waals surface area (Å²) in [4.78, 5) is 14.2. The molecule has 1 amide bonds. The molecule has 4 heteroatoms. The summed E-state index contributed by atoms with van der Waals surface area (Å²) in [6.45, 7) is 7.57. The van der Waals surface area contributed by atoms with Crippen LogP contribution in [0, 0.1) is 0 Å². The van der Waals surface area contributed by atoms with Gasteiger partial charge in [-0.15, -0.1) is 0 Å². The molecule has 0 saturated carbocycles. The van der Waals surface area contributed by atoms with Gasteiger partial charge in [0.1, 0.15) is 0 Å². The maximum atomic E-state index is 12.4. The molecule has 0 aliphatic heterocycles. The molecule has 0 atom stereocenters. The number of rotatable bonds is 7. The summed E-state index contributed by atoms with van der Waals surface area (Å²) in [7, 11) is 0. The Morgan fingerprint density at radius 3 is 2.42 bits per heavy atom. The highest BCUT2D eigenvalue weighted by Gasteiger charge is 2.17. The Bertz CT molecular complexity index is 388. The Kier molecular flexibility index (Phi) is 6.36. The zero-order valence-corrected chi connectivity index (χ0v) is 12.0. The van der Waals surface area contributed by atoms with Crippen molar-refractivity contribution in [3.63, 3.8) is 0 Å². The van der Waals surface area contributed by atoms with Crippen LogP contribution in [0.3, 0.4) is 0 Å². The van der Waals surface area contributed by atoms with Crippen LogP contribution in [0.2, 0.25) is 0 Å². The SMILES string of the molecule is CCNc1ccc(C(=O)N(CCCO)C(C)C)cc1. The van der Waals surface area contributed by atoms with Crippen molar-refractivity contribution < 1.29 is 9.90 Å². The highest BCUT2D eigenvalue weighted by molar-refractivity contribution is 5.94. The van der Waals surface area contributed by atoms with Gasteiger partial charge in [0.15, 0.2) is 0 Å². The Labute approximate surface area is 115 Å². The van der Waals surface area contributed by atoms with Crippen molar-refractivity contribution in [3.05, 3.63) is 29.8 Å². The molecule has 4 nitrogen and oxygen atoms in total. The molecule has 1 aromatic rings. The van der Waals surface area contributed by atoms with Gasteiger partial charge in [-0.25, -0.2) is 0 Å². The van der Waals surface area contributed by atoms with Gasteiger partial charge in [-0.1, -0.05) is 0 Å². The fourth-order valence-electron chi connectivity index (χ4n) is 1.94. The molecule has 0 aliphatic rings. The van der Waals surface area contributed by atoms with Crippen LogP contribution < -0.4 is 5.32 Å². The van der Waals surface area contributed by atoms with Crippen LogP contribution in [0.1, 0.15) is 37.6 Å². The van der Waals surface area contributed by atoms with Crippen LogP contribution in [0.25, 0.3) is 0 Å². The van der Waals surface area contributed by atoms with Crippen LogP contribution in [0.5, 0.6) is 0 Å². The molecule has 0 aliphatic carbocycles. The van der Waals surface area contributed by atoms with Crippen LogP contribution in [-0.2, 0) is 0 Å². The third-order valence-corrected chi connectivity index (χ3v) is 2.95. The minimum absolute atomic E-state index is 0.0199. The molecule has 0 saturated heterocycles. The van der Waals surface area contributed by atoms with E-state index in [-0.39, 0.29) is 18.6 Å². The number of aliphatic hydroxyl groups is 1. The van der Waals surface area contributed by atoms with Gasteiger partial charge in [-0.2, -0.15) is 0 Å². The van der Waals surface area contributed by atoms with Crippen molar-refractivity contribution in [1.82, 2.24) is 4.90 Å². The van der Waals surface area contributed by atoms with Crippen molar-refractivity contribution in [2.75, 3.05) is 25.0 Å². The summed E-state index contributed by atoms with van der Waals surface area (Å²) < 4.78 is 0. The van der Waals surface area contributed by atoms with E-state index >= 15 is 0 Å². The second kappa shape index (κ2) is 7.79. The first kappa shape index (κ1) is 15.5. The first-order valence-electron chi connectivity index (χ1n) is 6.86. The van der Waals surface area contributed by atoms with E-state index in [0.29, 0.717) is 18.5 Å². The molecular formula is C15H24N2O2. The van der Waals surface area contributed by atoms with Gasteiger partial charge in [0, 0.05) is 37.0 Å². The number of benzene rings is 1. The fourth-order valence-corrected chi connectivity index (χ4v) is 1.94. The van der Waals surface area contributed by atoms with Gasteiger partial charge < -0.3 is 15.3 Å². The first-order chi connectivity index (χ1) is 9.10. The Morgan fingerprint density at radius 2 is 1.95 bits per heavy atom. The number of nitrogens with one attached hydrogen (secondary N) is 1. The van der Waals surface area contributed by atoms with Crippen LogP contribution >= 0.6 is 0 Å². The van der Waals surface area contributed by atoms with Crippen molar-refractivity contribution >= 4 is 11.6 Å². The molecule has 0 fully saturated rings. The fraction of sp³-hybridized carbons (Fsp3) is 0.533. The Balaban J connectivity index is 2.78. The summed E-state index contributed by atoms with van der Waals surface area (Å²) in [5, 5.41) is 12.1. The Morgan fingerprint density at radius 1 is 1.32 bits per heavy atom. The third-order valence-electron chi connectivity index (χ3n) is 2.95. The summed E-state index contributed by atoms with van der Waals surface area (Å²) in [6.07, 6.45) is 0.611. The molecule has 0 aromatic heterocycles. The molecule has 0 radical (unpaired) electrons. The standard InChI is InChI=1S/C15H24N2O2/c1-4-16-14-8-6-13(7-9-14)15(19)17(12(2)3)10-5-11-18/h6-9,12,16,18H,4-5,10-11H2,1-3H3. The second-order valence-electron chi connectivity index (χ2n) is 4.78. The van der Waals surface area contributed by atoms with Gasteiger partial charge in [-0.3, -0.25) is 4.79 Å². The zero-order chi connectivity index (χ0) is 14.3. The van der Waals surface area contributed by atoms with E-state index in [1.807, 2.05) is 45.0 Å². The number of hydrogen-bond donors (Lipinski definition) is 2. The lowest BCUT2D eigenvalue weighted by molar-refractivity contribution is 0.0693. The number of carbonyl (C=O) groups excluding carboxylic acids is 1. The number of amides is 1. The summed E-state index contributed by atoms with van der Waals surface area (Å²) in [6, 6.07) is 7.65. The van der Waals surface area contributed by atoms with E-state index < -0.39 is 0 Å². The lowest BCUT2D eigenvalue weighted by Crippen LogP contribution is -2.38. The maximum Gasteiger partial charge on any atom is 0.254 e. The van der Waals surface area contributed by atoms with E-state index in [4.69, 9.17) is 5.11 Å². The number of anilines is 1. The van der Waals surface area contributed by atoms with Gasteiger partial charge in [0.25, 0.3) is 5.91 Å². The molecule has 0 unspecified atom stereocenters. The van der Waals surface area contributed by atoms with E-state index in [0.717, 1.165) is 12.2 Å². The quantitative estimate of drug-likeness (QED) is 0.795. The molecule has 106 valence electrons. The van der Waals surface area contributed by atoms with E-state index in [1.54, 1.807) is 4.90 Å². The number of aliphatic hydroxyl groups excluding tert-OH is 1. The molecule has 2 N–H and O–H groups in total. The summed E-state index contributed by atoms with van der Waals surface area (Å²) in [5.74, 6) is 0.0199. The molecule has 1 aromatic carbocycles. The van der Waals surface area contributed by atoms with Gasteiger partial charge >= 0.3 is 0 Å². The van der Waals surface area contributed by atoms with Gasteiger partial charge in [0.2, 0.25) is 0 Å². The maximum absolute atomic E-state index is 12.4. The molecule has 19 heavy (non-hydrogen) atoms. The van der Waals surface area contributed by atoms with Gasteiger partial charge in [-0.05, 0) is 51.5 Å². The van der Waals surface area contributed by atoms with E-state index in [9.17, 15) is 4.79 Å². The molecule has 0 heterocycles. The van der Waals surface area contributed by atoms with Crippen molar-refractivity contribution in [2.24, 2.45) is 0 Å². The summed E-state index contributed by atoms with van der Waals surface area (Å²) >= 11 is 0. The Hall–Kier alpha value is -1.55. The second-order valence-corrected chi connectivity index (χ2v) is 4.78. The minimum Gasteiger partial charge on any atom is -0.396 e. The zero-order valence-electron chi connectivity index (χ0n) is 12.0. The van der Waals surface area contributed by atoms with Crippen molar-refractivity contribution in [2.45, 2.75) is 33.2 Å². The minimum atomic E-state index is 0.0199. The van der Waals surface area contributed by atoms with Crippen molar-refractivity contribution in [3.8, 4) is 0 Å². The highest BCUT2D eigenvalue weighted by Crippen LogP contribution is 2.13. The largest absolute Gasteiger partial charge is 0.396 e. The van der Waals surface area contributed by atoms with Crippen LogP contribution in [0.15, 0.2) is 24.3 Å².